The molecule has 3 aliphatic heterocycles. The summed E-state index contributed by atoms with van der Waals surface area (Å²) in [5.74, 6) is -0.754. The lowest BCUT2D eigenvalue weighted by Gasteiger charge is -2.39. The third kappa shape index (κ3) is 3.77. The average molecular weight is 571 g/mol. The number of amides is 1. The molecule has 1 N–H and O–H groups in total. The van der Waals surface area contributed by atoms with Gasteiger partial charge in [0, 0.05) is 28.1 Å². The number of para-hydroxylation sites is 2. The van der Waals surface area contributed by atoms with Crippen LogP contribution in [0.4, 0.5) is 11.4 Å². The summed E-state index contributed by atoms with van der Waals surface area (Å²) in [5, 5.41) is 3.08. The second-order valence-electron chi connectivity index (χ2n) is 11.2. The van der Waals surface area contributed by atoms with Gasteiger partial charge in [-0.1, -0.05) is 54.6 Å². The van der Waals surface area contributed by atoms with Gasteiger partial charge in [0.05, 0.1) is 26.2 Å². The SMILES string of the molecule is COc1ccc(C(=O)[C@H]2[C@@H](C(=O)c3cccc(OC)c3)[C@@]3(C(=O)Nc4ccccc43)[C@H]3C=C(C)c4ccccc4N23)cc1. The number of carbonyl (C=O) groups is 3. The number of nitrogens with zero attached hydrogens (tertiary/aromatic N) is 1. The van der Waals surface area contributed by atoms with Crippen molar-refractivity contribution in [1.29, 1.82) is 0 Å². The number of allylic oxidation sites excluding steroid dienone is 1. The number of ketones is 2. The van der Waals surface area contributed by atoms with Crippen molar-refractivity contribution in [3.8, 4) is 11.5 Å². The van der Waals surface area contributed by atoms with E-state index in [0.717, 1.165) is 16.8 Å². The fraction of sp³-hybridized carbons (Fsp3) is 0.194. The van der Waals surface area contributed by atoms with Crippen molar-refractivity contribution in [3.63, 3.8) is 0 Å². The highest BCUT2D eigenvalue weighted by atomic mass is 16.5. The van der Waals surface area contributed by atoms with E-state index in [4.69, 9.17) is 9.47 Å². The largest absolute Gasteiger partial charge is 0.497 e. The number of anilines is 2. The number of methoxy groups -OCH3 is 2. The Morgan fingerprint density at radius 3 is 2.28 bits per heavy atom. The molecule has 0 bridgehead atoms. The van der Waals surface area contributed by atoms with E-state index in [-0.39, 0.29) is 17.5 Å². The molecule has 1 amide bonds. The predicted molar refractivity (Wildman–Crippen MR) is 165 cm³/mol. The summed E-state index contributed by atoms with van der Waals surface area (Å²) < 4.78 is 10.8. The topological polar surface area (TPSA) is 84.9 Å². The van der Waals surface area contributed by atoms with Gasteiger partial charge in [0.1, 0.15) is 23.0 Å². The molecule has 1 fully saturated rings. The smallest absolute Gasteiger partial charge is 0.238 e. The van der Waals surface area contributed by atoms with Crippen molar-refractivity contribution < 1.29 is 23.9 Å². The first kappa shape index (κ1) is 26.7. The third-order valence-corrected chi connectivity index (χ3v) is 9.16. The van der Waals surface area contributed by atoms with Crippen LogP contribution in [0.1, 0.15) is 38.8 Å². The van der Waals surface area contributed by atoms with Crippen molar-refractivity contribution in [1.82, 2.24) is 0 Å². The first-order chi connectivity index (χ1) is 20.9. The van der Waals surface area contributed by atoms with Gasteiger partial charge in [-0.15, -0.1) is 0 Å². The molecule has 3 aliphatic rings. The maximum atomic E-state index is 15.0. The van der Waals surface area contributed by atoms with Crippen molar-refractivity contribution in [2.24, 2.45) is 5.92 Å². The second-order valence-corrected chi connectivity index (χ2v) is 11.2. The van der Waals surface area contributed by atoms with Crippen LogP contribution in [0, 0.1) is 5.92 Å². The molecule has 4 aromatic carbocycles. The van der Waals surface area contributed by atoms with Gasteiger partial charge in [-0.05, 0) is 66.6 Å². The third-order valence-electron chi connectivity index (χ3n) is 9.16. The Kier molecular flexibility index (Phi) is 6.20. The van der Waals surface area contributed by atoms with Gasteiger partial charge in [-0.25, -0.2) is 0 Å². The maximum Gasteiger partial charge on any atom is 0.238 e. The Labute approximate surface area is 249 Å². The Morgan fingerprint density at radius 1 is 0.791 bits per heavy atom. The number of rotatable bonds is 6. The minimum Gasteiger partial charge on any atom is -0.497 e. The number of hydrogen-bond acceptors (Lipinski definition) is 6. The number of benzene rings is 4. The summed E-state index contributed by atoms with van der Waals surface area (Å²) in [5.41, 5.74) is 3.56. The van der Waals surface area contributed by atoms with Crippen LogP contribution in [-0.2, 0) is 10.2 Å². The molecule has 0 saturated carbocycles. The van der Waals surface area contributed by atoms with Crippen molar-refractivity contribution in [2.75, 3.05) is 24.4 Å². The van der Waals surface area contributed by atoms with Crippen LogP contribution in [0.2, 0.25) is 0 Å². The van der Waals surface area contributed by atoms with E-state index in [9.17, 15) is 14.4 Å². The molecule has 1 saturated heterocycles. The summed E-state index contributed by atoms with van der Waals surface area (Å²) in [4.78, 5) is 46.3. The van der Waals surface area contributed by atoms with E-state index in [1.807, 2.05) is 60.4 Å². The highest BCUT2D eigenvalue weighted by Crippen LogP contribution is 2.58. The highest BCUT2D eigenvalue weighted by Gasteiger charge is 2.70. The van der Waals surface area contributed by atoms with Crippen molar-refractivity contribution in [3.05, 3.63) is 125 Å². The fourth-order valence-corrected chi connectivity index (χ4v) is 7.27. The van der Waals surface area contributed by atoms with E-state index < -0.39 is 23.4 Å². The van der Waals surface area contributed by atoms with Crippen LogP contribution >= 0.6 is 0 Å². The van der Waals surface area contributed by atoms with Gasteiger partial charge >= 0.3 is 0 Å². The van der Waals surface area contributed by atoms with Crippen molar-refractivity contribution >= 4 is 34.4 Å². The molecule has 1 spiro atoms. The fourth-order valence-electron chi connectivity index (χ4n) is 7.27. The van der Waals surface area contributed by atoms with E-state index in [0.29, 0.717) is 33.9 Å². The number of fused-ring (bicyclic) bond motifs is 6. The second kappa shape index (κ2) is 9.98. The van der Waals surface area contributed by atoms with Crippen LogP contribution in [0.15, 0.2) is 103 Å². The zero-order chi connectivity index (χ0) is 29.9. The predicted octanol–water partition coefficient (Wildman–Crippen LogP) is 5.95. The van der Waals surface area contributed by atoms with Gasteiger partial charge in [-0.3, -0.25) is 14.4 Å². The molecule has 4 atom stereocenters. The molecule has 3 heterocycles. The molecule has 7 heteroatoms. The highest BCUT2D eigenvalue weighted by molar-refractivity contribution is 6.18. The lowest BCUT2D eigenvalue weighted by molar-refractivity contribution is -0.121. The van der Waals surface area contributed by atoms with Crippen LogP contribution in [0.3, 0.4) is 0 Å². The first-order valence-corrected chi connectivity index (χ1v) is 14.2. The summed E-state index contributed by atoms with van der Waals surface area (Å²) in [6.07, 6.45) is 2.05. The van der Waals surface area contributed by atoms with E-state index in [2.05, 4.69) is 11.4 Å². The van der Waals surface area contributed by atoms with Gasteiger partial charge in [0.15, 0.2) is 11.6 Å². The summed E-state index contributed by atoms with van der Waals surface area (Å²) in [7, 11) is 3.11. The maximum absolute atomic E-state index is 15.0. The summed E-state index contributed by atoms with van der Waals surface area (Å²) >= 11 is 0. The van der Waals surface area contributed by atoms with E-state index in [1.165, 1.54) is 0 Å². The molecular weight excluding hydrogens is 540 g/mol. The van der Waals surface area contributed by atoms with Gasteiger partial charge < -0.3 is 19.7 Å². The quantitative estimate of drug-likeness (QED) is 0.289. The molecule has 43 heavy (non-hydrogen) atoms. The Balaban J connectivity index is 1.53. The Morgan fingerprint density at radius 2 is 1.51 bits per heavy atom. The van der Waals surface area contributed by atoms with E-state index >= 15 is 0 Å². The van der Waals surface area contributed by atoms with Gasteiger partial charge in [0.2, 0.25) is 5.91 Å². The van der Waals surface area contributed by atoms with Crippen LogP contribution in [0.5, 0.6) is 11.5 Å². The lowest BCUT2D eigenvalue weighted by Crippen LogP contribution is -2.51. The van der Waals surface area contributed by atoms with Crippen LogP contribution in [-0.4, -0.2) is 43.8 Å². The van der Waals surface area contributed by atoms with E-state index in [1.54, 1.807) is 62.8 Å². The number of Topliss-reactive ketones (excluding diaryl/α,β-unsaturated/α-hetero) is 2. The molecular formula is C36H30N2O5. The van der Waals surface area contributed by atoms with Crippen LogP contribution < -0.4 is 19.7 Å². The number of ether oxygens (including phenoxy) is 2. The molecule has 0 unspecified atom stereocenters. The Hall–Kier alpha value is -5.17. The molecule has 4 aromatic rings. The average Bonchev–Trinajstić information content (AvgIpc) is 3.52. The monoisotopic (exact) mass is 570 g/mol. The molecule has 7 nitrogen and oxygen atoms in total. The first-order valence-electron chi connectivity index (χ1n) is 14.2. The molecule has 7 rings (SSSR count). The van der Waals surface area contributed by atoms with Gasteiger partial charge in [-0.2, -0.15) is 0 Å². The zero-order valence-corrected chi connectivity index (χ0v) is 24.0. The number of carbonyl (C=O) groups excluding carboxylic acids is 3. The van der Waals surface area contributed by atoms with Crippen LogP contribution in [0.25, 0.3) is 5.57 Å². The Bertz CT molecular complexity index is 1830. The molecule has 0 aromatic heterocycles. The minimum atomic E-state index is -1.38. The zero-order valence-electron chi connectivity index (χ0n) is 24.0. The molecule has 0 aliphatic carbocycles. The molecule has 214 valence electrons. The molecule has 0 radical (unpaired) electrons. The summed E-state index contributed by atoms with van der Waals surface area (Å²) in [6, 6.07) is 27.6. The van der Waals surface area contributed by atoms with Crippen molar-refractivity contribution in [2.45, 2.75) is 24.4 Å². The lowest BCUT2D eigenvalue weighted by atomic mass is 9.64. The summed E-state index contributed by atoms with van der Waals surface area (Å²) in [6.45, 7) is 2.01. The van der Waals surface area contributed by atoms with Gasteiger partial charge in [0.25, 0.3) is 0 Å². The number of nitrogens with one attached hydrogen (secondary N) is 1. The standard InChI is InChI=1S/C36H30N2O5/c1-21-19-30-36(27-12-5-6-13-28(27)37-35(36)41)31(33(39)23-9-8-10-25(20-23)43-3)32(38(30)29-14-7-4-11-26(21)29)34(40)22-15-17-24(42-2)18-16-22/h4-20,30-32H,1-3H3,(H,37,41)/t30-,31+,32-,36+/m1/s1. The minimum absolute atomic E-state index is 0.245. The normalized spacial score (nSPS) is 23.1. The number of hydrogen-bond donors (Lipinski definition) is 1.